The summed E-state index contributed by atoms with van der Waals surface area (Å²) in [6.45, 7) is 3.38. The number of nitrogen functional groups attached to an aromatic ring is 1. The lowest BCUT2D eigenvalue weighted by molar-refractivity contribution is -0.121. The van der Waals surface area contributed by atoms with Crippen LogP contribution in [0.1, 0.15) is 13.8 Å². The number of halogens is 1. The number of nitrogens with two attached hydrogens (primary N) is 1. The van der Waals surface area contributed by atoms with Crippen LogP contribution in [0.15, 0.2) is 27.6 Å². The van der Waals surface area contributed by atoms with Crippen LogP contribution in [0.5, 0.6) is 0 Å². The number of rotatable bonds is 5. The molecule has 0 unspecified atom stereocenters. The van der Waals surface area contributed by atoms with Crippen molar-refractivity contribution in [3.8, 4) is 0 Å². The topological polar surface area (TPSA) is 92.5 Å². The van der Waals surface area contributed by atoms with E-state index in [1.54, 1.807) is 0 Å². The Morgan fingerprint density at radius 2 is 2.05 bits per heavy atom. The highest BCUT2D eigenvalue weighted by atomic mass is 79.9. The fourth-order valence-corrected chi connectivity index (χ4v) is 3.19. The molecule has 0 saturated carbocycles. The number of anilines is 1. The first-order chi connectivity index (χ1) is 9.14. The summed E-state index contributed by atoms with van der Waals surface area (Å²) in [4.78, 5) is 11.7. The number of hydrogen-bond donors (Lipinski definition) is 2. The summed E-state index contributed by atoms with van der Waals surface area (Å²) in [6.07, 6.45) is 0. The van der Waals surface area contributed by atoms with Crippen molar-refractivity contribution in [2.24, 2.45) is 0 Å². The molecule has 0 bridgehead atoms. The van der Waals surface area contributed by atoms with E-state index in [0.717, 1.165) is 4.31 Å². The second kappa shape index (κ2) is 6.55. The van der Waals surface area contributed by atoms with Crippen molar-refractivity contribution in [2.45, 2.75) is 24.8 Å². The molecule has 0 aliphatic rings. The summed E-state index contributed by atoms with van der Waals surface area (Å²) in [6, 6.07) is 4.29. The lowest BCUT2D eigenvalue weighted by atomic mass is 10.3. The van der Waals surface area contributed by atoms with Gasteiger partial charge in [-0.05, 0) is 48.0 Å². The van der Waals surface area contributed by atoms with Crippen LogP contribution in [0.4, 0.5) is 5.69 Å². The minimum atomic E-state index is -3.72. The van der Waals surface area contributed by atoms with E-state index in [4.69, 9.17) is 5.73 Å². The number of likely N-dealkylation sites (N-methyl/N-ethyl adjacent to an activating group) is 1. The summed E-state index contributed by atoms with van der Waals surface area (Å²) in [5.74, 6) is -0.347. The van der Waals surface area contributed by atoms with Gasteiger partial charge in [-0.3, -0.25) is 4.79 Å². The number of sulfonamides is 1. The third-order valence-corrected chi connectivity index (χ3v) is 4.98. The van der Waals surface area contributed by atoms with Crippen molar-refractivity contribution < 1.29 is 13.2 Å². The third-order valence-electron chi connectivity index (χ3n) is 2.50. The molecule has 0 heterocycles. The molecule has 0 atom stereocenters. The Morgan fingerprint density at radius 3 is 2.55 bits per heavy atom. The Labute approximate surface area is 127 Å². The van der Waals surface area contributed by atoms with E-state index < -0.39 is 10.0 Å². The number of nitrogens with zero attached hydrogens (tertiary/aromatic N) is 1. The summed E-state index contributed by atoms with van der Waals surface area (Å²) < 4.78 is 26.1. The molecule has 0 fully saturated rings. The number of nitrogens with one attached hydrogen (secondary N) is 1. The second-order valence-electron chi connectivity index (χ2n) is 4.67. The standard InChI is InChI=1S/C12H18BrN3O3S/c1-8(2)15-12(17)7-16(3)20(18,19)9-4-5-11(14)10(13)6-9/h4-6,8H,7,14H2,1-3H3,(H,15,17). The highest BCUT2D eigenvalue weighted by molar-refractivity contribution is 9.10. The van der Waals surface area contributed by atoms with Gasteiger partial charge >= 0.3 is 0 Å². The molecule has 0 radical (unpaired) electrons. The first-order valence-corrected chi connectivity index (χ1v) is 8.18. The smallest absolute Gasteiger partial charge is 0.243 e. The van der Waals surface area contributed by atoms with E-state index in [1.807, 2.05) is 13.8 Å². The van der Waals surface area contributed by atoms with Gasteiger partial charge in [-0.15, -0.1) is 0 Å². The molecule has 1 aromatic rings. The lowest BCUT2D eigenvalue weighted by Crippen LogP contribution is -2.40. The normalized spacial score (nSPS) is 11.9. The molecule has 6 nitrogen and oxygen atoms in total. The maximum Gasteiger partial charge on any atom is 0.243 e. The molecular weight excluding hydrogens is 346 g/mol. The van der Waals surface area contributed by atoms with Gasteiger partial charge in [0, 0.05) is 23.2 Å². The van der Waals surface area contributed by atoms with Crippen LogP contribution in [0, 0.1) is 0 Å². The average Bonchev–Trinajstić information content (AvgIpc) is 2.31. The zero-order chi connectivity index (χ0) is 15.5. The van der Waals surface area contributed by atoms with Gasteiger partial charge in [-0.2, -0.15) is 4.31 Å². The molecule has 112 valence electrons. The first-order valence-electron chi connectivity index (χ1n) is 5.95. The summed E-state index contributed by atoms with van der Waals surface area (Å²) in [5.41, 5.74) is 6.07. The Hall–Kier alpha value is -1.12. The fourth-order valence-electron chi connectivity index (χ4n) is 1.50. The van der Waals surface area contributed by atoms with Crippen LogP contribution in [0.25, 0.3) is 0 Å². The maximum absolute atomic E-state index is 12.3. The van der Waals surface area contributed by atoms with E-state index >= 15 is 0 Å². The molecule has 1 rings (SSSR count). The summed E-state index contributed by atoms with van der Waals surface area (Å²) >= 11 is 3.18. The Balaban J connectivity index is 2.92. The van der Waals surface area contributed by atoms with Crippen LogP contribution in [0.3, 0.4) is 0 Å². The Kier molecular flexibility index (Phi) is 5.55. The lowest BCUT2D eigenvalue weighted by Gasteiger charge is -2.18. The maximum atomic E-state index is 12.3. The molecule has 1 amide bonds. The zero-order valence-corrected chi connectivity index (χ0v) is 14.0. The van der Waals surface area contributed by atoms with Crippen LogP contribution in [0.2, 0.25) is 0 Å². The molecule has 0 spiro atoms. The van der Waals surface area contributed by atoms with Crippen molar-refractivity contribution in [1.29, 1.82) is 0 Å². The number of carbonyl (C=O) groups is 1. The minimum Gasteiger partial charge on any atom is -0.398 e. The quantitative estimate of drug-likeness (QED) is 0.768. The predicted octanol–water partition coefficient (Wildman–Crippen LogP) is 1.18. The number of benzene rings is 1. The van der Waals surface area contributed by atoms with Crippen LogP contribution in [-0.4, -0.2) is 38.3 Å². The minimum absolute atomic E-state index is 0.0377. The van der Waals surface area contributed by atoms with Crippen molar-refractivity contribution in [3.05, 3.63) is 22.7 Å². The molecule has 1 aromatic carbocycles. The third kappa shape index (κ3) is 4.19. The number of carbonyl (C=O) groups excluding carboxylic acids is 1. The summed E-state index contributed by atoms with van der Waals surface area (Å²) in [7, 11) is -2.36. The van der Waals surface area contributed by atoms with Crippen LogP contribution in [-0.2, 0) is 14.8 Å². The number of hydrogen-bond acceptors (Lipinski definition) is 4. The Morgan fingerprint density at radius 1 is 1.45 bits per heavy atom. The molecule has 0 aliphatic carbocycles. The highest BCUT2D eigenvalue weighted by Crippen LogP contribution is 2.24. The van der Waals surface area contributed by atoms with Crippen molar-refractivity contribution >= 4 is 37.5 Å². The molecule has 0 saturated heterocycles. The van der Waals surface area contributed by atoms with Gasteiger partial charge in [0.15, 0.2) is 0 Å². The van der Waals surface area contributed by atoms with E-state index in [2.05, 4.69) is 21.2 Å². The van der Waals surface area contributed by atoms with E-state index in [9.17, 15) is 13.2 Å². The van der Waals surface area contributed by atoms with Gasteiger partial charge in [0.2, 0.25) is 15.9 Å². The molecule has 3 N–H and O–H groups in total. The SMILES string of the molecule is CC(C)NC(=O)CN(C)S(=O)(=O)c1ccc(N)c(Br)c1. The van der Waals surface area contributed by atoms with E-state index in [1.165, 1.54) is 25.2 Å². The van der Waals surface area contributed by atoms with Crippen molar-refractivity contribution in [2.75, 3.05) is 19.3 Å². The van der Waals surface area contributed by atoms with Gasteiger partial charge in [0.05, 0.1) is 11.4 Å². The first kappa shape index (κ1) is 16.9. The van der Waals surface area contributed by atoms with Crippen LogP contribution >= 0.6 is 15.9 Å². The van der Waals surface area contributed by atoms with E-state index in [0.29, 0.717) is 10.2 Å². The van der Waals surface area contributed by atoms with Gasteiger partial charge in [-0.25, -0.2) is 8.42 Å². The monoisotopic (exact) mass is 363 g/mol. The highest BCUT2D eigenvalue weighted by Gasteiger charge is 2.23. The second-order valence-corrected chi connectivity index (χ2v) is 7.57. The van der Waals surface area contributed by atoms with Gasteiger partial charge < -0.3 is 11.1 Å². The Bertz CT molecular complexity index is 602. The predicted molar refractivity (Wildman–Crippen MR) is 81.6 cm³/mol. The van der Waals surface area contributed by atoms with Gasteiger partial charge in [0.1, 0.15) is 0 Å². The molecule has 0 aliphatic heterocycles. The van der Waals surface area contributed by atoms with Crippen LogP contribution < -0.4 is 11.1 Å². The fraction of sp³-hybridized carbons (Fsp3) is 0.417. The molecular formula is C12H18BrN3O3S. The zero-order valence-electron chi connectivity index (χ0n) is 11.6. The van der Waals surface area contributed by atoms with Crippen molar-refractivity contribution in [3.63, 3.8) is 0 Å². The van der Waals surface area contributed by atoms with Gasteiger partial charge in [-0.1, -0.05) is 0 Å². The summed E-state index contributed by atoms with van der Waals surface area (Å²) in [5, 5.41) is 2.64. The molecule has 20 heavy (non-hydrogen) atoms. The molecule has 0 aromatic heterocycles. The largest absolute Gasteiger partial charge is 0.398 e. The van der Waals surface area contributed by atoms with E-state index in [-0.39, 0.29) is 23.4 Å². The van der Waals surface area contributed by atoms with Crippen molar-refractivity contribution in [1.82, 2.24) is 9.62 Å². The molecule has 8 heteroatoms. The number of amides is 1. The average molecular weight is 364 g/mol. The van der Waals surface area contributed by atoms with Gasteiger partial charge in [0.25, 0.3) is 0 Å².